The molecular weight excluding hydrogens is 338 g/mol. The van der Waals surface area contributed by atoms with Crippen LogP contribution in [0.2, 0.25) is 0 Å². The molecule has 1 amide bonds. The van der Waals surface area contributed by atoms with Gasteiger partial charge in [0.25, 0.3) is 0 Å². The highest BCUT2D eigenvalue weighted by Crippen LogP contribution is 2.36. The van der Waals surface area contributed by atoms with Crippen molar-refractivity contribution in [3.8, 4) is 0 Å². The summed E-state index contributed by atoms with van der Waals surface area (Å²) in [5.41, 5.74) is 1.05. The van der Waals surface area contributed by atoms with E-state index in [1.54, 1.807) is 25.4 Å². The van der Waals surface area contributed by atoms with Gasteiger partial charge in [-0.2, -0.15) is 4.98 Å². The smallest absolute Gasteiger partial charge is 0.316 e. The van der Waals surface area contributed by atoms with Crippen LogP contribution in [0, 0.1) is 0 Å². The highest BCUT2D eigenvalue weighted by atomic mass is 32.1. The normalized spacial score (nSPS) is 18.1. The number of rotatable bonds is 4. The van der Waals surface area contributed by atoms with Gasteiger partial charge >= 0.3 is 11.8 Å². The highest BCUT2D eigenvalue weighted by Gasteiger charge is 2.30. The average molecular weight is 357 g/mol. The second kappa shape index (κ2) is 6.53. The summed E-state index contributed by atoms with van der Waals surface area (Å²) in [6.07, 6.45) is 2.18. The molecule has 0 N–H and O–H groups in total. The van der Waals surface area contributed by atoms with Gasteiger partial charge in [-0.05, 0) is 31.5 Å². The van der Waals surface area contributed by atoms with Crippen molar-refractivity contribution in [3.63, 3.8) is 0 Å². The number of aromatic nitrogens is 3. The average Bonchev–Trinajstić information content (AvgIpc) is 3.33. The highest BCUT2D eigenvalue weighted by molar-refractivity contribution is 7.18. The zero-order chi connectivity index (χ0) is 17.4. The molecule has 4 rings (SSSR count). The predicted molar refractivity (Wildman–Crippen MR) is 94.3 cm³/mol. The monoisotopic (exact) mass is 357 g/mol. The standard InChI is InChI=1S/C17H19N5O2S/c1-21(2)17(23)15-19-14(20-24-15)10-22-9-5-7-12(22)16-18-11-6-3-4-8-13(11)25-16/h3-4,6,8,12H,5,7,9-10H2,1-2H3/t12-/m1/s1. The molecule has 0 aliphatic carbocycles. The number of carbonyl (C=O) groups is 1. The van der Waals surface area contributed by atoms with Gasteiger partial charge in [0, 0.05) is 14.1 Å². The molecule has 0 saturated carbocycles. The molecule has 8 heteroatoms. The van der Waals surface area contributed by atoms with E-state index in [1.807, 2.05) is 18.2 Å². The first kappa shape index (κ1) is 16.2. The summed E-state index contributed by atoms with van der Waals surface area (Å²) in [6.45, 7) is 1.52. The Balaban J connectivity index is 1.53. The van der Waals surface area contributed by atoms with Crippen molar-refractivity contribution in [2.24, 2.45) is 0 Å². The Kier molecular flexibility index (Phi) is 4.22. The number of nitrogens with zero attached hydrogens (tertiary/aromatic N) is 5. The van der Waals surface area contributed by atoms with Crippen molar-refractivity contribution in [2.45, 2.75) is 25.4 Å². The molecule has 7 nitrogen and oxygen atoms in total. The van der Waals surface area contributed by atoms with E-state index >= 15 is 0 Å². The molecule has 130 valence electrons. The van der Waals surface area contributed by atoms with Crippen molar-refractivity contribution in [3.05, 3.63) is 41.0 Å². The van der Waals surface area contributed by atoms with Gasteiger partial charge in [0.05, 0.1) is 22.8 Å². The number of thiazole rings is 1. The number of likely N-dealkylation sites (tertiary alicyclic amines) is 1. The van der Waals surface area contributed by atoms with Crippen LogP contribution in [-0.2, 0) is 6.54 Å². The van der Waals surface area contributed by atoms with Gasteiger partial charge in [0.2, 0.25) is 0 Å². The predicted octanol–water partition coefficient (Wildman–Crippen LogP) is 2.72. The summed E-state index contributed by atoms with van der Waals surface area (Å²) < 4.78 is 6.31. The van der Waals surface area contributed by atoms with Gasteiger partial charge in [-0.15, -0.1) is 11.3 Å². The molecule has 2 aromatic heterocycles. The molecule has 0 unspecified atom stereocenters. The number of hydrogen-bond donors (Lipinski definition) is 0. The number of amides is 1. The minimum atomic E-state index is -0.275. The van der Waals surface area contributed by atoms with E-state index in [0.29, 0.717) is 12.4 Å². The summed E-state index contributed by atoms with van der Waals surface area (Å²) in [7, 11) is 3.33. The fraction of sp³-hybridized carbons (Fsp3) is 0.412. The van der Waals surface area contributed by atoms with E-state index in [9.17, 15) is 4.79 Å². The second-order valence-electron chi connectivity index (χ2n) is 6.36. The maximum atomic E-state index is 11.9. The fourth-order valence-corrected chi connectivity index (χ4v) is 4.24. The minimum Gasteiger partial charge on any atom is -0.341 e. The molecule has 1 aliphatic rings. The van der Waals surface area contributed by atoms with Gasteiger partial charge in [0.15, 0.2) is 5.82 Å². The molecule has 0 bridgehead atoms. The zero-order valence-corrected chi connectivity index (χ0v) is 15.0. The molecular formula is C17H19N5O2S. The molecule has 0 spiro atoms. The van der Waals surface area contributed by atoms with E-state index in [1.165, 1.54) is 9.60 Å². The lowest BCUT2D eigenvalue weighted by atomic mass is 10.2. The van der Waals surface area contributed by atoms with Crippen molar-refractivity contribution in [1.82, 2.24) is 24.9 Å². The molecule has 25 heavy (non-hydrogen) atoms. The lowest BCUT2D eigenvalue weighted by Gasteiger charge is -2.20. The van der Waals surface area contributed by atoms with Crippen molar-refractivity contribution in [1.29, 1.82) is 0 Å². The van der Waals surface area contributed by atoms with E-state index in [0.717, 1.165) is 29.9 Å². The van der Waals surface area contributed by atoms with Gasteiger partial charge in [-0.1, -0.05) is 17.3 Å². The summed E-state index contributed by atoms with van der Waals surface area (Å²) in [4.78, 5) is 24.7. The van der Waals surface area contributed by atoms with Gasteiger partial charge in [-0.25, -0.2) is 4.98 Å². The number of benzene rings is 1. The lowest BCUT2D eigenvalue weighted by Crippen LogP contribution is -2.24. The van der Waals surface area contributed by atoms with Crippen molar-refractivity contribution >= 4 is 27.5 Å². The number of fused-ring (bicyclic) bond motifs is 1. The Morgan fingerprint density at radius 1 is 1.36 bits per heavy atom. The zero-order valence-electron chi connectivity index (χ0n) is 14.2. The van der Waals surface area contributed by atoms with Crippen LogP contribution in [0.15, 0.2) is 28.8 Å². The number of carbonyl (C=O) groups excluding carboxylic acids is 1. The third-order valence-corrected chi connectivity index (χ3v) is 5.50. The molecule has 1 aromatic carbocycles. The molecule has 0 radical (unpaired) electrons. The van der Waals surface area contributed by atoms with Gasteiger partial charge in [-0.3, -0.25) is 9.69 Å². The van der Waals surface area contributed by atoms with Gasteiger partial charge in [0.1, 0.15) is 5.01 Å². The third kappa shape index (κ3) is 3.14. The Morgan fingerprint density at radius 3 is 3.00 bits per heavy atom. The Labute approximate surface area is 149 Å². The summed E-state index contributed by atoms with van der Waals surface area (Å²) in [6, 6.07) is 8.48. The molecule has 1 aliphatic heterocycles. The van der Waals surface area contributed by atoms with E-state index in [2.05, 4.69) is 21.1 Å². The first-order valence-electron chi connectivity index (χ1n) is 8.25. The Hall–Kier alpha value is -2.32. The number of hydrogen-bond acceptors (Lipinski definition) is 7. The molecule has 1 saturated heterocycles. The molecule has 3 aromatic rings. The topological polar surface area (TPSA) is 75.4 Å². The maximum absolute atomic E-state index is 11.9. The van der Waals surface area contributed by atoms with Gasteiger partial charge < -0.3 is 9.42 Å². The van der Waals surface area contributed by atoms with Crippen LogP contribution in [0.1, 0.15) is 40.4 Å². The SMILES string of the molecule is CN(C)C(=O)c1nc(CN2CCC[C@@H]2c2nc3ccccc3s2)no1. The van der Waals surface area contributed by atoms with Crippen LogP contribution in [0.4, 0.5) is 0 Å². The van der Waals surface area contributed by atoms with Crippen LogP contribution >= 0.6 is 11.3 Å². The largest absolute Gasteiger partial charge is 0.341 e. The Morgan fingerprint density at radius 2 is 2.20 bits per heavy atom. The van der Waals surface area contributed by atoms with E-state index in [-0.39, 0.29) is 17.8 Å². The van der Waals surface area contributed by atoms with Crippen LogP contribution in [0.25, 0.3) is 10.2 Å². The molecule has 3 heterocycles. The van der Waals surface area contributed by atoms with E-state index < -0.39 is 0 Å². The van der Waals surface area contributed by atoms with Crippen LogP contribution < -0.4 is 0 Å². The van der Waals surface area contributed by atoms with Crippen LogP contribution in [0.3, 0.4) is 0 Å². The third-order valence-electron chi connectivity index (χ3n) is 4.36. The summed E-state index contributed by atoms with van der Waals surface area (Å²) in [5.74, 6) is 0.303. The van der Waals surface area contributed by atoms with Crippen molar-refractivity contribution < 1.29 is 9.32 Å². The maximum Gasteiger partial charge on any atom is 0.316 e. The first-order chi connectivity index (χ1) is 12.1. The quantitative estimate of drug-likeness (QED) is 0.715. The molecule has 1 atom stereocenters. The number of para-hydroxylation sites is 1. The fourth-order valence-electron chi connectivity index (χ4n) is 3.11. The van der Waals surface area contributed by atoms with Crippen LogP contribution in [-0.4, -0.2) is 51.5 Å². The molecule has 1 fully saturated rings. The lowest BCUT2D eigenvalue weighted by molar-refractivity contribution is 0.0779. The van der Waals surface area contributed by atoms with Crippen molar-refractivity contribution in [2.75, 3.05) is 20.6 Å². The second-order valence-corrected chi connectivity index (χ2v) is 7.43. The summed E-state index contributed by atoms with van der Waals surface area (Å²) >= 11 is 1.75. The summed E-state index contributed by atoms with van der Waals surface area (Å²) in [5, 5.41) is 5.09. The minimum absolute atomic E-state index is 0.0377. The van der Waals surface area contributed by atoms with E-state index in [4.69, 9.17) is 9.51 Å². The van der Waals surface area contributed by atoms with Crippen LogP contribution in [0.5, 0.6) is 0 Å². The first-order valence-corrected chi connectivity index (χ1v) is 9.07. The Bertz CT molecular complexity index is 870.